The van der Waals surface area contributed by atoms with Gasteiger partial charge in [-0.15, -0.1) is 0 Å². The second-order valence-electron chi connectivity index (χ2n) is 6.53. The van der Waals surface area contributed by atoms with Gasteiger partial charge in [0.25, 0.3) is 0 Å². The molecule has 1 amide bonds. The van der Waals surface area contributed by atoms with Crippen LogP contribution in [0.25, 0.3) is 0 Å². The van der Waals surface area contributed by atoms with Crippen LogP contribution in [0.15, 0.2) is 76.1 Å². The zero-order chi connectivity index (χ0) is 22.6. The lowest BCUT2D eigenvalue weighted by Crippen LogP contribution is -2.37. The van der Waals surface area contributed by atoms with Crippen molar-refractivity contribution in [1.82, 2.24) is 4.31 Å². The molecule has 0 heterocycles. The van der Waals surface area contributed by atoms with Crippen LogP contribution in [0, 0.1) is 0 Å². The number of sulfonamides is 1. The fourth-order valence-electron chi connectivity index (χ4n) is 2.72. The third-order valence-corrected chi connectivity index (χ3v) is 7.38. The molecule has 0 bridgehead atoms. The van der Waals surface area contributed by atoms with Crippen LogP contribution in [0.5, 0.6) is 0 Å². The first-order valence-electron chi connectivity index (χ1n) is 8.90. The zero-order valence-electron chi connectivity index (χ0n) is 15.9. The first kappa shape index (κ1) is 24.0. The number of nitrogens with one attached hydrogen (secondary N) is 1. The number of anilines is 1. The molecule has 0 fully saturated rings. The summed E-state index contributed by atoms with van der Waals surface area (Å²) in [6.07, 6.45) is 0. The summed E-state index contributed by atoms with van der Waals surface area (Å²) in [7, 11) is -3.98. The predicted molar refractivity (Wildman–Crippen MR) is 128 cm³/mol. The van der Waals surface area contributed by atoms with Crippen molar-refractivity contribution in [3.05, 3.63) is 91.8 Å². The molecule has 0 atom stereocenters. The van der Waals surface area contributed by atoms with Gasteiger partial charge in [0.15, 0.2) is 0 Å². The van der Waals surface area contributed by atoms with Crippen molar-refractivity contribution in [1.29, 1.82) is 0 Å². The molecule has 0 spiro atoms. The largest absolute Gasteiger partial charge is 0.324 e. The van der Waals surface area contributed by atoms with Gasteiger partial charge in [-0.2, -0.15) is 4.31 Å². The standard InChI is InChI=1S/C21H16BrCl3N2O3S/c22-15-3-1-14(2-4-15)12-27(31(29,30)18-8-5-16(23)6-9-18)13-21(28)26-20-10-7-17(24)11-19(20)25/h1-11H,12-13H2,(H,26,28). The maximum Gasteiger partial charge on any atom is 0.243 e. The van der Waals surface area contributed by atoms with Gasteiger partial charge in [0.05, 0.1) is 22.2 Å². The van der Waals surface area contributed by atoms with E-state index in [9.17, 15) is 13.2 Å². The van der Waals surface area contributed by atoms with E-state index in [0.29, 0.717) is 15.7 Å². The Kier molecular flexibility index (Phi) is 8.02. The van der Waals surface area contributed by atoms with Crippen molar-refractivity contribution >= 4 is 72.4 Å². The molecular weight excluding hydrogens is 547 g/mol. The van der Waals surface area contributed by atoms with Crippen molar-refractivity contribution in [2.75, 3.05) is 11.9 Å². The molecule has 0 saturated heterocycles. The van der Waals surface area contributed by atoms with Crippen molar-refractivity contribution < 1.29 is 13.2 Å². The van der Waals surface area contributed by atoms with E-state index in [4.69, 9.17) is 34.8 Å². The van der Waals surface area contributed by atoms with Crippen LogP contribution in [0.3, 0.4) is 0 Å². The molecule has 3 aromatic carbocycles. The van der Waals surface area contributed by atoms with Gasteiger partial charge in [-0.3, -0.25) is 4.79 Å². The van der Waals surface area contributed by atoms with Gasteiger partial charge >= 0.3 is 0 Å². The average molecular weight is 563 g/mol. The zero-order valence-corrected chi connectivity index (χ0v) is 20.5. The predicted octanol–water partition coefficient (Wildman–Crippen LogP) is 6.24. The van der Waals surface area contributed by atoms with E-state index in [2.05, 4.69) is 21.2 Å². The van der Waals surface area contributed by atoms with E-state index in [1.165, 1.54) is 30.3 Å². The summed E-state index contributed by atoms with van der Waals surface area (Å²) in [4.78, 5) is 12.7. The number of amides is 1. The summed E-state index contributed by atoms with van der Waals surface area (Å²) < 4.78 is 28.5. The molecule has 3 rings (SSSR count). The number of halogens is 4. The lowest BCUT2D eigenvalue weighted by atomic mass is 10.2. The molecule has 162 valence electrons. The molecule has 10 heteroatoms. The van der Waals surface area contributed by atoms with Crippen LogP contribution < -0.4 is 5.32 Å². The summed E-state index contributed by atoms with van der Waals surface area (Å²) >= 11 is 21.2. The Balaban J connectivity index is 1.88. The van der Waals surface area contributed by atoms with E-state index in [0.717, 1.165) is 14.3 Å². The van der Waals surface area contributed by atoms with Gasteiger partial charge in [-0.25, -0.2) is 8.42 Å². The van der Waals surface area contributed by atoms with Crippen LogP contribution >= 0.6 is 50.7 Å². The maximum atomic E-state index is 13.3. The quantitative estimate of drug-likeness (QED) is 0.371. The van der Waals surface area contributed by atoms with Crippen LogP contribution in [0.2, 0.25) is 15.1 Å². The van der Waals surface area contributed by atoms with Crippen molar-refractivity contribution in [3.8, 4) is 0 Å². The second-order valence-corrected chi connectivity index (χ2v) is 10.7. The summed E-state index contributed by atoms with van der Waals surface area (Å²) in [6.45, 7) is -0.417. The molecule has 3 aromatic rings. The lowest BCUT2D eigenvalue weighted by Gasteiger charge is -2.22. The van der Waals surface area contributed by atoms with E-state index >= 15 is 0 Å². The minimum atomic E-state index is -3.98. The third kappa shape index (κ3) is 6.44. The molecule has 0 aliphatic rings. The van der Waals surface area contributed by atoms with E-state index in [1.54, 1.807) is 36.4 Å². The fraction of sp³-hybridized carbons (Fsp3) is 0.0952. The first-order valence-corrected chi connectivity index (χ1v) is 12.3. The van der Waals surface area contributed by atoms with Gasteiger partial charge in [0, 0.05) is 21.1 Å². The van der Waals surface area contributed by atoms with Gasteiger partial charge in [-0.05, 0) is 60.2 Å². The van der Waals surface area contributed by atoms with Crippen molar-refractivity contribution in [2.45, 2.75) is 11.4 Å². The summed E-state index contributed by atoms with van der Waals surface area (Å²) in [5.41, 5.74) is 1.06. The van der Waals surface area contributed by atoms with E-state index < -0.39 is 22.5 Å². The molecule has 1 N–H and O–H groups in total. The van der Waals surface area contributed by atoms with Gasteiger partial charge in [-0.1, -0.05) is 62.9 Å². The highest BCUT2D eigenvalue weighted by molar-refractivity contribution is 9.10. The first-order chi connectivity index (χ1) is 14.6. The molecule has 0 unspecified atom stereocenters. The molecule has 0 saturated carbocycles. The SMILES string of the molecule is O=C(CN(Cc1ccc(Br)cc1)S(=O)(=O)c1ccc(Cl)cc1)Nc1ccc(Cl)cc1Cl. The van der Waals surface area contributed by atoms with Crippen LogP contribution in [-0.4, -0.2) is 25.2 Å². The maximum absolute atomic E-state index is 13.3. The number of carbonyl (C=O) groups excluding carboxylic acids is 1. The fourth-order valence-corrected chi connectivity index (χ4v) is 4.95. The summed E-state index contributed by atoms with van der Waals surface area (Å²) in [6, 6.07) is 17.6. The Labute approximate surface area is 204 Å². The molecule has 5 nitrogen and oxygen atoms in total. The number of hydrogen-bond acceptors (Lipinski definition) is 3. The normalized spacial score (nSPS) is 11.5. The summed E-state index contributed by atoms with van der Waals surface area (Å²) in [5.74, 6) is -0.543. The number of carbonyl (C=O) groups is 1. The average Bonchev–Trinajstić information content (AvgIpc) is 2.71. The highest BCUT2D eigenvalue weighted by Gasteiger charge is 2.27. The molecule has 31 heavy (non-hydrogen) atoms. The van der Waals surface area contributed by atoms with E-state index in [-0.39, 0.29) is 16.5 Å². The summed E-state index contributed by atoms with van der Waals surface area (Å²) in [5, 5.41) is 3.71. The van der Waals surface area contributed by atoms with Crippen LogP contribution in [0.1, 0.15) is 5.56 Å². The molecule has 0 radical (unpaired) electrons. The van der Waals surface area contributed by atoms with Crippen LogP contribution in [0.4, 0.5) is 5.69 Å². The molecular formula is C21H16BrCl3N2O3S. The number of nitrogens with zero attached hydrogens (tertiary/aromatic N) is 1. The number of benzene rings is 3. The van der Waals surface area contributed by atoms with Gasteiger partial charge < -0.3 is 5.32 Å². The van der Waals surface area contributed by atoms with Crippen molar-refractivity contribution in [2.24, 2.45) is 0 Å². The smallest absolute Gasteiger partial charge is 0.243 e. The Morgan fingerprint density at radius 3 is 2.13 bits per heavy atom. The number of rotatable bonds is 7. The van der Waals surface area contributed by atoms with Crippen LogP contribution in [-0.2, 0) is 21.4 Å². The Hall–Kier alpha value is -1.61. The topological polar surface area (TPSA) is 66.5 Å². The van der Waals surface area contributed by atoms with E-state index in [1.807, 2.05) is 0 Å². The minimum Gasteiger partial charge on any atom is -0.324 e. The van der Waals surface area contributed by atoms with Gasteiger partial charge in [0.1, 0.15) is 0 Å². The highest BCUT2D eigenvalue weighted by Crippen LogP contribution is 2.26. The molecule has 0 aliphatic carbocycles. The Morgan fingerprint density at radius 2 is 1.52 bits per heavy atom. The molecule has 0 aromatic heterocycles. The highest BCUT2D eigenvalue weighted by atomic mass is 79.9. The Bertz CT molecular complexity index is 1190. The van der Waals surface area contributed by atoms with Gasteiger partial charge in [0.2, 0.25) is 15.9 Å². The third-order valence-electron chi connectivity index (χ3n) is 4.25. The molecule has 0 aliphatic heterocycles. The second kappa shape index (κ2) is 10.3. The van der Waals surface area contributed by atoms with Crippen molar-refractivity contribution in [3.63, 3.8) is 0 Å². The Morgan fingerprint density at radius 1 is 0.903 bits per heavy atom. The number of hydrogen-bond donors (Lipinski definition) is 1. The minimum absolute atomic E-state index is 0.00000966. The lowest BCUT2D eigenvalue weighted by molar-refractivity contribution is -0.116. The monoisotopic (exact) mass is 560 g/mol.